The van der Waals surface area contributed by atoms with E-state index in [2.05, 4.69) is 15.0 Å². The molecule has 0 saturated carbocycles. The Hall–Kier alpha value is -4.77. The fourth-order valence-corrected chi connectivity index (χ4v) is 4.89. The van der Waals surface area contributed by atoms with Crippen LogP contribution in [-0.2, 0) is 0 Å². The highest BCUT2D eigenvalue weighted by atomic mass is 19.1. The van der Waals surface area contributed by atoms with E-state index in [-0.39, 0.29) is 11.4 Å². The summed E-state index contributed by atoms with van der Waals surface area (Å²) in [6.45, 7) is 3.82. The van der Waals surface area contributed by atoms with E-state index in [1.807, 2.05) is 0 Å². The van der Waals surface area contributed by atoms with E-state index < -0.39 is 17.7 Å². The van der Waals surface area contributed by atoms with Crippen LogP contribution in [0.2, 0.25) is 0 Å². The number of nitrogens with zero attached hydrogens (tertiary/aromatic N) is 4. The number of carbonyl (C=O) groups excluding carboxylic acids is 1. The normalized spacial score (nSPS) is 13.7. The SMILES string of the molecule is COc1cc2c(Oc3ccc(N(N=Cc4ccc(F)cc4)C(N)=O)cc3F)ccnc2cc1OCCCN1CCCCC1. The minimum absolute atomic E-state index is 0.0824. The first-order chi connectivity index (χ1) is 20.9. The molecule has 0 aliphatic carbocycles. The molecule has 11 heteroatoms. The number of ether oxygens (including phenoxy) is 3. The number of hydrogen-bond acceptors (Lipinski definition) is 7. The molecule has 1 aliphatic heterocycles. The molecule has 1 fully saturated rings. The smallest absolute Gasteiger partial charge is 0.340 e. The van der Waals surface area contributed by atoms with Crippen molar-refractivity contribution in [3.8, 4) is 23.0 Å². The van der Waals surface area contributed by atoms with Crippen molar-refractivity contribution in [3.05, 3.63) is 84.1 Å². The first kappa shape index (κ1) is 29.7. The van der Waals surface area contributed by atoms with Gasteiger partial charge >= 0.3 is 6.03 Å². The number of methoxy groups -OCH3 is 1. The summed E-state index contributed by atoms with van der Waals surface area (Å²) in [4.78, 5) is 18.9. The average Bonchev–Trinajstić information content (AvgIpc) is 3.01. The lowest BCUT2D eigenvalue weighted by Crippen LogP contribution is -2.31. The molecule has 3 aromatic carbocycles. The van der Waals surface area contributed by atoms with Crippen LogP contribution in [0.25, 0.3) is 10.9 Å². The molecule has 0 spiro atoms. The zero-order valence-electron chi connectivity index (χ0n) is 23.8. The number of nitrogens with two attached hydrogens (primary N) is 1. The Labute approximate surface area is 248 Å². The second-order valence-electron chi connectivity index (χ2n) is 10.1. The van der Waals surface area contributed by atoms with Gasteiger partial charge in [0.15, 0.2) is 23.1 Å². The third-order valence-electron chi connectivity index (χ3n) is 7.09. The van der Waals surface area contributed by atoms with Crippen LogP contribution < -0.4 is 25.0 Å². The number of hydrazone groups is 1. The second kappa shape index (κ2) is 13.9. The Balaban J connectivity index is 1.30. The number of primary amides is 1. The lowest BCUT2D eigenvalue weighted by molar-refractivity contribution is 0.203. The van der Waals surface area contributed by atoms with Gasteiger partial charge in [-0.05, 0) is 74.3 Å². The second-order valence-corrected chi connectivity index (χ2v) is 10.1. The Morgan fingerprint density at radius 2 is 1.79 bits per heavy atom. The van der Waals surface area contributed by atoms with E-state index in [9.17, 15) is 9.18 Å². The molecule has 2 heterocycles. The quantitative estimate of drug-likeness (QED) is 0.122. The average molecular weight is 590 g/mol. The fourth-order valence-electron chi connectivity index (χ4n) is 4.89. The molecule has 1 saturated heterocycles. The Kier molecular flexibility index (Phi) is 9.63. The van der Waals surface area contributed by atoms with Gasteiger partial charge in [0.2, 0.25) is 0 Å². The van der Waals surface area contributed by atoms with Gasteiger partial charge in [0.25, 0.3) is 0 Å². The van der Waals surface area contributed by atoms with Crippen LogP contribution in [0.15, 0.2) is 72.0 Å². The van der Waals surface area contributed by atoms with Gasteiger partial charge in [0, 0.05) is 30.3 Å². The van der Waals surface area contributed by atoms with E-state index in [4.69, 9.17) is 19.9 Å². The molecule has 1 aromatic heterocycles. The molecular formula is C32H33F2N5O4. The van der Waals surface area contributed by atoms with Crippen molar-refractivity contribution in [2.45, 2.75) is 25.7 Å². The minimum Gasteiger partial charge on any atom is -0.493 e. The largest absolute Gasteiger partial charge is 0.493 e. The molecule has 2 N–H and O–H groups in total. The van der Waals surface area contributed by atoms with Crippen molar-refractivity contribution < 1.29 is 27.8 Å². The zero-order valence-corrected chi connectivity index (χ0v) is 23.8. The van der Waals surface area contributed by atoms with E-state index in [0.717, 1.165) is 37.1 Å². The number of carbonyl (C=O) groups is 1. The number of piperidine rings is 1. The lowest BCUT2D eigenvalue weighted by Gasteiger charge is -2.26. The number of halogens is 2. The third-order valence-corrected chi connectivity index (χ3v) is 7.09. The van der Waals surface area contributed by atoms with Crippen molar-refractivity contribution in [2.75, 3.05) is 38.4 Å². The number of likely N-dealkylation sites (tertiary alicyclic amines) is 1. The van der Waals surface area contributed by atoms with Gasteiger partial charge in [0.1, 0.15) is 11.6 Å². The van der Waals surface area contributed by atoms with Crippen molar-refractivity contribution >= 4 is 28.8 Å². The summed E-state index contributed by atoms with van der Waals surface area (Å²) in [5.74, 6) is 0.199. The molecule has 4 aromatic rings. The van der Waals surface area contributed by atoms with Crippen LogP contribution in [-0.4, -0.2) is 55.5 Å². The van der Waals surface area contributed by atoms with Crippen molar-refractivity contribution in [1.29, 1.82) is 0 Å². The number of pyridine rings is 1. The molecule has 0 radical (unpaired) electrons. The topological polar surface area (TPSA) is 103 Å². The summed E-state index contributed by atoms with van der Waals surface area (Å²) in [5.41, 5.74) is 6.67. The maximum Gasteiger partial charge on any atom is 0.340 e. The maximum atomic E-state index is 15.2. The van der Waals surface area contributed by atoms with Crippen LogP contribution in [0.3, 0.4) is 0 Å². The van der Waals surface area contributed by atoms with Gasteiger partial charge in [-0.15, -0.1) is 0 Å². The first-order valence-corrected chi connectivity index (χ1v) is 14.1. The number of rotatable bonds is 11. The van der Waals surface area contributed by atoms with E-state index in [0.29, 0.717) is 40.3 Å². The van der Waals surface area contributed by atoms with Gasteiger partial charge in [-0.3, -0.25) is 4.98 Å². The van der Waals surface area contributed by atoms with Gasteiger partial charge in [-0.1, -0.05) is 18.6 Å². The number of urea groups is 1. The molecule has 0 atom stereocenters. The van der Waals surface area contributed by atoms with E-state index in [1.165, 1.54) is 61.9 Å². The van der Waals surface area contributed by atoms with Gasteiger partial charge in [0.05, 0.1) is 31.1 Å². The number of benzene rings is 3. The van der Waals surface area contributed by atoms with E-state index >= 15 is 4.39 Å². The van der Waals surface area contributed by atoms with Gasteiger partial charge < -0.3 is 24.8 Å². The van der Waals surface area contributed by atoms with Gasteiger partial charge in [-0.25, -0.2) is 13.6 Å². The lowest BCUT2D eigenvalue weighted by atomic mass is 10.1. The Morgan fingerprint density at radius 1 is 1.00 bits per heavy atom. The molecule has 5 rings (SSSR count). The summed E-state index contributed by atoms with van der Waals surface area (Å²) in [6.07, 6.45) is 7.59. The highest BCUT2D eigenvalue weighted by molar-refractivity contribution is 5.93. The maximum absolute atomic E-state index is 15.2. The van der Waals surface area contributed by atoms with Crippen LogP contribution >= 0.6 is 0 Å². The number of anilines is 1. The molecule has 2 amide bonds. The predicted molar refractivity (Wildman–Crippen MR) is 161 cm³/mol. The Morgan fingerprint density at radius 3 is 2.51 bits per heavy atom. The number of fused-ring (bicyclic) bond motifs is 1. The number of hydrogen-bond donors (Lipinski definition) is 1. The fraction of sp³-hybridized carbons (Fsp3) is 0.281. The molecule has 1 aliphatic rings. The molecule has 9 nitrogen and oxygen atoms in total. The predicted octanol–water partition coefficient (Wildman–Crippen LogP) is 6.49. The molecule has 224 valence electrons. The summed E-state index contributed by atoms with van der Waals surface area (Å²) in [7, 11) is 1.56. The molecular weight excluding hydrogens is 556 g/mol. The van der Waals surface area contributed by atoms with E-state index in [1.54, 1.807) is 31.5 Å². The number of aromatic nitrogens is 1. The van der Waals surface area contributed by atoms with Gasteiger partial charge in [-0.2, -0.15) is 10.1 Å². The summed E-state index contributed by atoms with van der Waals surface area (Å²) < 4.78 is 46.0. The van der Waals surface area contributed by atoms with Crippen molar-refractivity contribution in [3.63, 3.8) is 0 Å². The highest BCUT2D eigenvalue weighted by Crippen LogP contribution is 2.38. The number of amides is 2. The monoisotopic (exact) mass is 589 g/mol. The zero-order chi connectivity index (χ0) is 30.2. The Bertz CT molecular complexity index is 1590. The van der Waals surface area contributed by atoms with Crippen molar-refractivity contribution in [2.24, 2.45) is 10.8 Å². The summed E-state index contributed by atoms with van der Waals surface area (Å²) >= 11 is 0. The first-order valence-electron chi connectivity index (χ1n) is 14.1. The standard InChI is InChI=1S/C32H33F2N5O4/c1-41-30-19-25-27(20-31(30)42-17-5-16-38-14-3-2-4-15-38)36-13-12-28(25)43-29-11-10-24(18-26(29)34)39(32(35)40)37-21-22-6-8-23(33)9-7-22/h6-13,18-21H,2-5,14-17H2,1H3,(H2,35,40). The third kappa shape index (κ3) is 7.55. The van der Waals surface area contributed by atoms with Crippen LogP contribution in [0.5, 0.6) is 23.0 Å². The van der Waals surface area contributed by atoms with Crippen LogP contribution in [0.1, 0.15) is 31.2 Å². The molecule has 0 bridgehead atoms. The minimum atomic E-state index is -0.928. The van der Waals surface area contributed by atoms with Crippen molar-refractivity contribution in [1.82, 2.24) is 9.88 Å². The molecule has 43 heavy (non-hydrogen) atoms. The highest BCUT2D eigenvalue weighted by Gasteiger charge is 2.17. The summed E-state index contributed by atoms with van der Waals surface area (Å²) in [5, 5.41) is 5.47. The van der Waals surface area contributed by atoms with Crippen LogP contribution in [0, 0.1) is 11.6 Å². The molecule has 0 unspecified atom stereocenters. The van der Waals surface area contributed by atoms with Crippen LogP contribution in [0.4, 0.5) is 19.3 Å². The summed E-state index contributed by atoms with van der Waals surface area (Å²) in [6, 6.07) is 13.6.